The Bertz CT molecular complexity index is 1270. The van der Waals surface area contributed by atoms with Gasteiger partial charge < -0.3 is 14.7 Å². The normalized spacial score (nSPS) is 21.2. The summed E-state index contributed by atoms with van der Waals surface area (Å²) >= 11 is 3.43. The van der Waals surface area contributed by atoms with Gasteiger partial charge >= 0.3 is 0 Å². The minimum atomic E-state index is -0.713. The molecule has 2 aromatic carbocycles. The molecule has 1 saturated heterocycles. The van der Waals surface area contributed by atoms with E-state index in [1.54, 1.807) is 36.7 Å². The van der Waals surface area contributed by atoms with Crippen molar-refractivity contribution in [1.29, 1.82) is 0 Å². The summed E-state index contributed by atoms with van der Waals surface area (Å²) in [7, 11) is 0. The molecular formula is C26H21BrN2O4. The van der Waals surface area contributed by atoms with Gasteiger partial charge in [-0.3, -0.25) is 14.6 Å². The van der Waals surface area contributed by atoms with Gasteiger partial charge in [-0.05, 0) is 66.1 Å². The summed E-state index contributed by atoms with van der Waals surface area (Å²) < 4.78 is 6.63. The van der Waals surface area contributed by atoms with E-state index in [0.29, 0.717) is 5.56 Å². The number of hydrogen-bond donors (Lipinski definition) is 1. The highest BCUT2D eigenvalue weighted by Crippen LogP contribution is 2.41. The van der Waals surface area contributed by atoms with E-state index in [2.05, 4.69) is 20.9 Å². The van der Waals surface area contributed by atoms with Crippen molar-refractivity contribution in [2.24, 2.45) is 0 Å². The first kappa shape index (κ1) is 21.4. The largest absolute Gasteiger partial charge is 0.507 e. The third kappa shape index (κ3) is 3.93. The van der Waals surface area contributed by atoms with Crippen LogP contribution in [0.5, 0.6) is 5.75 Å². The zero-order valence-corrected chi connectivity index (χ0v) is 19.5. The second-order valence-corrected chi connectivity index (χ2v) is 9.20. The average Bonchev–Trinajstić information content (AvgIpc) is 3.31. The summed E-state index contributed by atoms with van der Waals surface area (Å²) in [5.41, 5.74) is 3.14. The quantitative estimate of drug-likeness (QED) is 0.314. The first-order chi connectivity index (χ1) is 15.9. The molecule has 2 aliphatic rings. The number of halogens is 1. The molecule has 1 N–H and O–H groups in total. The van der Waals surface area contributed by atoms with Crippen molar-refractivity contribution in [2.45, 2.75) is 32.0 Å². The van der Waals surface area contributed by atoms with Crippen LogP contribution in [0.4, 0.5) is 0 Å². The lowest BCUT2D eigenvalue weighted by Crippen LogP contribution is -2.29. The summed E-state index contributed by atoms with van der Waals surface area (Å²) in [6, 6.07) is 15.7. The van der Waals surface area contributed by atoms with E-state index >= 15 is 0 Å². The molecule has 3 heterocycles. The SMILES string of the molecule is CC1Cc2cc(C(O)=C3C(=O)C(=O)N(Cc4ccncc4)C3c3ccc(Br)cc3)ccc2O1. The predicted octanol–water partition coefficient (Wildman–Crippen LogP) is 4.79. The maximum atomic E-state index is 13.2. The van der Waals surface area contributed by atoms with Crippen LogP contribution in [0.2, 0.25) is 0 Å². The van der Waals surface area contributed by atoms with Crippen molar-refractivity contribution in [3.8, 4) is 5.75 Å². The number of aromatic nitrogens is 1. The maximum Gasteiger partial charge on any atom is 0.295 e. The van der Waals surface area contributed by atoms with E-state index < -0.39 is 17.7 Å². The van der Waals surface area contributed by atoms with E-state index in [-0.39, 0.29) is 24.0 Å². The fourth-order valence-corrected chi connectivity index (χ4v) is 4.71. The monoisotopic (exact) mass is 504 g/mol. The number of aliphatic hydroxyl groups excluding tert-OH is 1. The van der Waals surface area contributed by atoms with E-state index in [1.165, 1.54) is 4.90 Å². The molecule has 1 fully saturated rings. The molecule has 0 saturated carbocycles. The van der Waals surface area contributed by atoms with E-state index in [1.807, 2.05) is 37.3 Å². The second kappa shape index (κ2) is 8.48. The van der Waals surface area contributed by atoms with Crippen molar-refractivity contribution in [1.82, 2.24) is 9.88 Å². The van der Waals surface area contributed by atoms with Gasteiger partial charge in [-0.2, -0.15) is 0 Å². The predicted molar refractivity (Wildman–Crippen MR) is 126 cm³/mol. The maximum absolute atomic E-state index is 13.2. The van der Waals surface area contributed by atoms with E-state index in [0.717, 1.165) is 33.3 Å². The van der Waals surface area contributed by atoms with Crippen LogP contribution in [-0.4, -0.2) is 32.8 Å². The van der Waals surface area contributed by atoms with Gasteiger partial charge in [0.25, 0.3) is 11.7 Å². The molecule has 1 aromatic heterocycles. The number of likely N-dealkylation sites (tertiary alicyclic amines) is 1. The van der Waals surface area contributed by atoms with Crippen molar-refractivity contribution >= 4 is 33.4 Å². The lowest BCUT2D eigenvalue weighted by Gasteiger charge is -2.25. The number of fused-ring (bicyclic) bond motifs is 1. The highest BCUT2D eigenvalue weighted by atomic mass is 79.9. The van der Waals surface area contributed by atoms with Gasteiger partial charge in [-0.25, -0.2) is 0 Å². The average molecular weight is 505 g/mol. The van der Waals surface area contributed by atoms with Gasteiger partial charge in [-0.1, -0.05) is 28.1 Å². The number of benzene rings is 2. The molecule has 2 aliphatic heterocycles. The number of amides is 1. The van der Waals surface area contributed by atoms with Crippen molar-refractivity contribution in [3.05, 3.63) is 99.3 Å². The first-order valence-corrected chi connectivity index (χ1v) is 11.4. The number of ether oxygens (including phenoxy) is 1. The molecule has 7 heteroatoms. The second-order valence-electron chi connectivity index (χ2n) is 8.29. The van der Waals surface area contributed by atoms with Crippen molar-refractivity contribution in [2.75, 3.05) is 0 Å². The summed E-state index contributed by atoms with van der Waals surface area (Å²) in [6.07, 6.45) is 4.08. The van der Waals surface area contributed by atoms with Crippen LogP contribution in [0.3, 0.4) is 0 Å². The standard InChI is InChI=1S/C26H21BrN2O4/c1-15-12-19-13-18(4-7-21(19)33-15)24(30)22-23(17-2-5-20(27)6-3-17)29(26(32)25(22)31)14-16-8-10-28-11-9-16/h2-11,13,15,23,30H,12,14H2,1H3. The molecule has 6 nitrogen and oxygen atoms in total. The van der Waals surface area contributed by atoms with E-state index in [4.69, 9.17) is 4.74 Å². The van der Waals surface area contributed by atoms with Gasteiger partial charge in [0.2, 0.25) is 0 Å². The van der Waals surface area contributed by atoms with E-state index in [9.17, 15) is 14.7 Å². The topological polar surface area (TPSA) is 79.7 Å². The van der Waals surface area contributed by atoms with Crippen LogP contribution < -0.4 is 4.74 Å². The molecule has 2 unspecified atom stereocenters. The zero-order chi connectivity index (χ0) is 23.1. The lowest BCUT2D eigenvalue weighted by molar-refractivity contribution is -0.140. The number of hydrogen-bond acceptors (Lipinski definition) is 5. The summed E-state index contributed by atoms with van der Waals surface area (Å²) in [4.78, 5) is 31.9. The summed E-state index contributed by atoms with van der Waals surface area (Å²) in [5.74, 6) is -0.735. The molecule has 166 valence electrons. The van der Waals surface area contributed by atoms with Crippen LogP contribution in [0.1, 0.15) is 35.2 Å². The van der Waals surface area contributed by atoms with Gasteiger partial charge in [0, 0.05) is 35.4 Å². The third-order valence-corrected chi connectivity index (χ3v) is 6.53. The molecule has 0 bridgehead atoms. The molecule has 0 radical (unpaired) electrons. The van der Waals surface area contributed by atoms with Crippen LogP contribution in [0.15, 0.2) is 77.0 Å². The van der Waals surface area contributed by atoms with Gasteiger partial charge in [0.15, 0.2) is 0 Å². The third-order valence-electron chi connectivity index (χ3n) is 6.00. The van der Waals surface area contributed by atoms with Crippen LogP contribution in [-0.2, 0) is 22.6 Å². The first-order valence-electron chi connectivity index (χ1n) is 10.6. The Kier molecular flexibility index (Phi) is 5.50. The Morgan fingerprint density at radius 3 is 2.58 bits per heavy atom. The lowest BCUT2D eigenvalue weighted by atomic mass is 9.94. The Labute approximate surface area is 199 Å². The molecule has 0 aliphatic carbocycles. The molecular weight excluding hydrogens is 484 g/mol. The number of rotatable bonds is 4. The number of Topliss-reactive ketones (excluding diaryl/α,β-unsaturated/α-hetero) is 1. The Hall–Kier alpha value is -3.45. The molecule has 5 rings (SSSR count). The number of nitrogens with zero attached hydrogens (tertiary/aromatic N) is 2. The molecule has 2 atom stereocenters. The molecule has 33 heavy (non-hydrogen) atoms. The molecule has 0 spiro atoms. The van der Waals surface area contributed by atoms with Crippen molar-refractivity contribution < 1.29 is 19.4 Å². The number of pyridine rings is 1. The van der Waals surface area contributed by atoms with Gasteiger partial charge in [0.1, 0.15) is 17.6 Å². The number of carbonyl (C=O) groups is 2. The minimum Gasteiger partial charge on any atom is -0.507 e. The number of ketones is 1. The smallest absolute Gasteiger partial charge is 0.295 e. The van der Waals surface area contributed by atoms with Crippen molar-refractivity contribution in [3.63, 3.8) is 0 Å². The van der Waals surface area contributed by atoms with Gasteiger partial charge in [0.05, 0.1) is 11.6 Å². The zero-order valence-electron chi connectivity index (χ0n) is 17.9. The minimum absolute atomic E-state index is 0.0612. The summed E-state index contributed by atoms with van der Waals surface area (Å²) in [5, 5.41) is 11.3. The fraction of sp³-hybridized carbons (Fsp3) is 0.192. The Morgan fingerprint density at radius 1 is 1.12 bits per heavy atom. The van der Waals surface area contributed by atoms with Crippen LogP contribution >= 0.6 is 15.9 Å². The Balaban J connectivity index is 1.62. The fourth-order valence-electron chi connectivity index (χ4n) is 4.44. The summed E-state index contributed by atoms with van der Waals surface area (Å²) in [6.45, 7) is 2.21. The highest BCUT2D eigenvalue weighted by molar-refractivity contribution is 9.10. The Morgan fingerprint density at radius 2 is 1.85 bits per heavy atom. The molecule has 1 amide bonds. The molecule has 3 aromatic rings. The number of aliphatic hydroxyl groups is 1. The van der Waals surface area contributed by atoms with Crippen LogP contribution in [0, 0.1) is 0 Å². The van der Waals surface area contributed by atoms with Crippen LogP contribution in [0.25, 0.3) is 5.76 Å². The number of carbonyl (C=O) groups excluding carboxylic acids is 2. The van der Waals surface area contributed by atoms with Gasteiger partial charge in [-0.15, -0.1) is 0 Å². The highest BCUT2D eigenvalue weighted by Gasteiger charge is 2.46.